The van der Waals surface area contributed by atoms with Crippen LogP contribution in [0.2, 0.25) is 0 Å². The summed E-state index contributed by atoms with van der Waals surface area (Å²) >= 11 is 7.32. The second-order valence-corrected chi connectivity index (χ2v) is 9.16. The van der Waals surface area contributed by atoms with Crippen LogP contribution >= 0.6 is 24.0 Å². The number of pyridine rings is 1. The Balaban J connectivity index is 1.62. The third kappa shape index (κ3) is 4.69. The molecule has 3 aromatic rings. The first-order valence-corrected chi connectivity index (χ1v) is 11.2. The van der Waals surface area contributed by atoms with Gasteiger partial charge in [-0.3, -0.25) is 4.98 Å². The van der Waals surface area contributed by atoms with E-state index in [0.717, 1.165) is 39.6 Å². The highest BCUT2D eigenvalue weighted by atomic mass is 32.2. The fraction of sp³-hybridized carbons (Fsp3) is 0.304. The quantitative estimate of drug-likeness (QED) is 0.538. The van der Waals surface area contributed by atoms with Crippen LogP contribution < -0.4 is 5.32 Å². The number of likely N-dealkylation sites (N-methyl/N-ethyl adjacent to an activating group) is 1. The molecule has 7 heteroatoms. The van der Waals surface area contributed by atoms with Crippen LogP contribution in [0, 0.1) is 6.92 Å². The van der Waals surface area contributed by atoms with E-state index in [0.29, 0.717) is 0 Å². The van der Waals surface area contributed by atoms with Gasteiger partial charge in [-0.25, -0.2) is 0 Å². The predicted octanol–water partition coefficient (Wildman–Crippen LogP) is 4.67. The number of furan rings is 1. The molecule has 1 aromatic carbocycles. The van der Waals surface area contributed by atoms with Gasteiger partial charge >= 0.3 is 0 Å². The second-order valence-electron chi connectivity index (χ2n) is 7.70. The summed E-state index contributed by atoms with van der Waals surface area (Å²) in [6, 6.07) is 18.5. The Labute approximate surface area is 187 Å². The van der Waals surface area contributed by atoms with Crippen molar-refractivity contribution in [2.45, 2.75) is 29.0 Å². The Hall–Kier alpha value is -2.35. The lowest BCUT2D eigenvalue weighted by Gasteiger charge is -2.27. The lowest BCUT2D eigenvalue weighted by atomic mass is 10.0. The fourth-order valence-corrected chi connectivity index (χ4v) is 4.64. The van der Waals surface area contributed by atoms with Gasteiger partial charge in [-0.05, 0) is 69.6 Å². The molecule has 1 aliphatic heterocycles. The molecule has 0 unspecified atom stereocenters. The molecule has 0 saturated carbocycles. The maximum Gasteiger partial charge on any atom is 0.170 e. The Morgan fingerprint density at radius 3 is 2.63 bits per heavy atom. The van der Waals surface area contributed by atoms with Crippen molar-refractivity contribution < 1.29 is 4.42 Å². The van der Waals surface area contributed by atoms with Gasteiger partial charge in [-0.15, -0.1) is 0 Å². The van der Waals surface area contributed by atoms with Crippen LogP contribution in [-0.4, -0.2) is 47.1 Å². The first kappa shape index (κ1) is 20.9. The number of hydrogen-bond donors (Lipinski definition) is 1. The summed E-state index contributed by atoms with van der Waals surface area (Å²) in [7, 11) is 4.14. The Morgan fingerprint density at radius 2 is 1.93 bits per heavy atom. The van der Waals surface area contributed by atoms with Crippen molar-refractivity contribution in [3.05, 3.63) is 77.8 Å². The predicted molar refractivity (Wildman–Crippen MR) is 125 cm³/mol. The molecule has 3 heterocycles. The zero-order chi connectivity index (χ0) is 21.1. The SMILES string of the molecule is Cc1ccc(Sc2ccc([C@H]3[C@@H](c4ccccn4)NC(=S)N3CCN(C)C)o2)cc1. The largest absolute Gasteiger partial charge is 0.452 e. The average Bonchev–Trinajstić information content (AvgIpc) is 3.32. The van der Waals surface area contributed by atoms with Gasteiger partial charge in [-0.1, -0.05) is 35.5 Å². The van der Waals surface area contributed by atoms with E-state index in [9.17, 15) is 0 Å². The number of nitrogens with zero attached hydrogens (tertiary/aromatic N) is 3. The molecule has 2 aromatic heterocycles. The summed E-state index contributed by atoms with van der Waals surface area (Å²) in [5, 5.41) is 5.08. The molecule has 30 heavy (non-hydrogen) atoms. The summed E-state index contributed by atoms with van der Waals surface area (Å²) in [6.07, 6.45) is 1.82. The zero-order valence-corrected chi connectivity index (χ0v) is 19.0. The lowest BCUT2D eigenvalue weighted by Crippen LogP contribution is -2.35. The highest BCUT2D eigenvalue weighted by Crippen LogP contribution is 2.41. The highest BCUT2D eigenvalue weighted by molar-refractivity contribution is 7.99. The van der Waals surface area contributed by atoms with Crippen molar-refractivity contribution in [1.29, 1.82) is 0 Å². The van der Waals surface area contributed by atoms with Crippen LogP contribution in [0.3, 0.4) is 0 Å². The number of rotatable bonds is 7. The molecule has 4 rings (SSSR count). The third-order valence-electron chi connectivity index (χ3n) is 5.12. The molecule has 0 amide bonds. The molecule has 1 fully saturated rings. The minimum Gasteiger partial charge on any atom is -0.452 e. The summed E-state index contributed by atoms with van der Waals surface area (Å²) in [4.78, 5) is 10.1. The van der Waals surface area contributed by atoms with Gasteiger partial charge in [0.15, 0.2) is 10.2 Å². The number of benzene rings is 1. The molecule has 2 atom stereocenters. The summed E-state index contributed by atoms with van der Waals surface area (Å²) in [5.41, 5.74) is 2.21. The molecule has 0 aliphatic carbocycles. The van der Waals surface area contributed by atoms with E-state index in [1.165, 1.54) is 5.56 Å². The molecule has 0 radical (unpaired) electrons. The molecular formula is C23H26N4OS2. The van der Waals surface area contributed by atoms with Gasteiger partial charge in [0.25, 0.3) is 0 Å². The van der Waals surface area contributed by atoms with Crippen LogP contribution in [0.1, 0.15) is 29.1 Å². The zero-order valence-electron chi connectivity index (χ0n) is 17.4. The van der Waals surface area contributed by atoms with Gasteiger partial charge in [0.05, 0.1) is 11.7 Å². The van der Waals surface area contributed by atoms with E-state index in [1.54, 1.807) is 11.8 Å². The number of thiocarbonyl (C=S) groups is 1. The first-order chi connectivity index (χ1) is 14.5. The summed E-state index contributed by atoms with van der Waals surface area (Å²) in [5.74, 6) is 0.895. The molecule has 1 saturated heterocycles. The molecule has 5 nitrogen and oxygen atoms in total. The van der Waals surface area contributed by atoms with Crippen LogP contribution in [0.5, 0.6) is 0 Å². The van der Waals surface area contributed by atoms with E-state index in [4.69, 9.17) is 16.6 Å². The minimum absolute atomic E-state index is 0.0419. The van der Waals surface area contributed by atoms with Crippen molar-refractivity contribution in [1.82, 2.24) is 20.1 Å². The molecular weight excluding hydrogens is 412 g/mol. The Morgan fingerprint density at radius 1 is 1.13 bits per heavy atom. The maximum atomic E-state index is 6.32. The highest BCUT2D eigenvalue weighted by Gasteiger charge is 2.41. The fourth-order valence-electron chi connectivity index (χ4n) is 3.53. The molecule has 1 aliphatic rings. The Bertz CT molecular complexity index is 988. The number of aryl methyl sites for hydroxylation is 1. The van der Waals surface area contributed by atoms with Crippen molar-refractivity contribution in [3.63, 3.8) is 0 Å². The van der Waals surface area contributed by atoms with E-state index in [1.807, 2.05) is 30.5 Å². The number of hydrogen-bond acceptors (Lipinski definition) is 5. The normalized spacial score (nSPS) is 18.8. The Kier molecular flexibility index (Phi) is 6.41. The van der Waals surface area contributed by atoms with E-state index >= 15 is 0 Å². The van der Waals surface area contributed by atoms with Gasteiger partial charge in [0, 0.05) is 24.2 Å². The van der Waals surface area contributed by atoms with Gasteiger partial charge in [-0.2, -0.15) is 0 Å². The van der Waals surface area contributed by atoms with Gasteiger partial charge in [0.1, 0.15) is 11.8 Å². The molecule has 0 bridgehead atoms. The van der Waals surface area contributed by atoms with Crippen LogP contribution in [0.4, 0.5) is 0 Å². The summed E-state index contributed by atoms with van der Waals surface area (Å²) in [6.45, 7) is 3.81. The summed E-state index contributed by atoms with van der Waals surface area (Å²) < 4.78 is 6.32. The molecule has 1 N–H and O–H groups in total. The van der Waals surface area contributed by atoms with Gasteiger partial charge in [0.2, 0.25) is 0 Å². The number of aromatic nitrogens is 1. The smallest absolute Gasteiger partial charge is 0.170 e. The maximum absolute atomic E-state index is 6.32. The lowest BCUT2D eigenvalue weighted by molar-refractivity contribution is 0.239. The van der Waals surface area contributed by atoms with E-state index < -0.39 is 0 Å². The van der Waals surface area contributed by atoms with E-state index in [-0.39, 0.29) is 12.1 Å². The van der Waals surface area contributed by atoms with Crippen molar-refractivity contribution in [3.8, 4) is 0 Å². The standard InChI is InChI=1S/C23H26N4OS2/c1-16-7-9-17(10-8-16)30-20-12-11-19(28-20)22-21(18-6-4-5-13-24-18)25-23(29)27(22)15-14-26(2)3/h4-13,21-22H,14-15H2,1-3H3,(H,25,29)/t21-,22+/m1/s1. The van der Waals surface area contributed by atoms with Gasteiger partial charge < -0.3 is 19.5 Å². The number of nitrogens with one attached hydrogen (secondary N) is 1. The van der Waals surface area contributed by atoms with E-state index in [2.05, 4.69) is 71.5 Å². The van der Waals surface area contributed by atoms with Crippen molar-refractivity contribution >= 4 is 29.1 Å². The van der Waals surface area contributed by atoms with Crippen LogP contribution in [0.15, 0.2) is 75.2 Å². The second kappa shape index (κ2) is 9.20. The van der Waals surface area contributed by atoms with Crippen LogP contribution in [-0.2, 0) is 0 Å². The molecule has 0 spiro atoms. The molecule has 156 valence electrons. The minimum atomic E-state index is -0.0516. The first-order valence-electron chi connectivity index (χ1n) is 9.98. The topological polar surface area (TPSA) is 44.5 Å². The van der Waals surface area contributed by atoms with Crippen LogP contribution in [0.25, 0.3) is 0 Å². The van der Waals surface area contributed by atoms with Crippen molar-refractivity contribution in [2.24, 2.45) is 0 Å². The monoisotopic (exact) mass is 438 g/mol. The van der Waals surface area contributed by atoms with Crippen molar-refractivity contribution in [2.75, 3.05) is 27.2 Å². The third-order valence-corrected chi connectivity index (χ3v) is 6.40. The average molecular weight is 439 g/mol.